The number of carbonyl (C=O) groups excluding carboxylic acids is 2. The van der Waals surface area contributed by atoms with Crippen LogP contribution < -0.4 is 19.6 Å². The average molecular weight is 567 g/mol. The van der Waals surface area contributed by atoms with Crippen LogP contribution in [-0.2, 0) is 4.79 Å². The van der Waals surface area contributed by atoms with Crippen molar-refractivity contribution in [2.24, 2.45) is 5.10 Å². The first-order valence-corrected chi connectivity index (χ1v) is 15.4. The third kappa shape index (κ3) is 14.7. The zero-order chi connectivity index (χ0) is 29.5. The lowest BCUT2D eigenvalue weighted by atomic mass is 10.0. The number of hydrazone groups is 1. The molecule has 0 atom stereocenters. The normalized spacial score (nSPS) is 11.0. The van der Waals surface area contributed by atoms with E-state index in [0.717, 1.165) is 12.8 Å². The zero-order valence-electron chi connectivity index (χ0n) is 25.4. The summed E-state index contributed by atoms with van der Waals surface area (Å²) in [7, 11) is 3.07. The Morgan fingerprint density at radius 2 is 1.27 bits per heavy atom. The molecule has 0 heterocycles. The molecule has 0 aromatic heterocycles. The lowest BCUT2D eigenvalue weighted by Gasteiger charge is -2.10. The van der Waals surface area contributed by atoms with Gasteiger partial charge >= 0.3 is 5.97 Å². The van der Waals surface area contributed by atoms with Gasteiger partial charge in [0.25, 0.3) is 0 Å². The molecule has 2 rings (SSSR count). The third-order valence-electron chi connectivity index (χ3n) is 7.13. The van der Waals surface area contributed by atoms with Gasteiger partial charge in [-0.2, -0.15) is 5.10 Å². The molecule has 0 spiro atoms. The van der Waals surface area contributed by atoms with Crippen LogP contribution in [0.2, 0.25) is 0 Å². The molecule has 0 saturated heterocycles. The minimum absolute atomic E-state index is 0.0899. The van der Waals surface area contributed by atoms with Gasteiger partial charge in [-0.25, -0.2) is 10.2 Å². The van der Waals surface area contributed by atoms with Crippen LogP contribution in [0.25, 0.3) is 0 Å². The minimum Gasteiger partial charge on any atom is -0.497 e. The molecule has 0 unspecified atom stereocenters. The maximum absolute atomic E-state index is 12.5. The highest BCUT2D eigenvalue weighted by Gasteiger charge is 2.13. The largest absolute Gasteiger partial charge is 0.497 e. The fraction of sp³-hybridized carbons (Fsp3) is 0.559. The van der Waals surface area contributed by atoms with Gasteiger partial charge in [-0.05, 0) is 54.4 Å². The van der Waals surface area contributed by atoms with Gasteiger partial charge in [-0.3, -0.25) is 4.79 Å². The first kappa shape index (κ1) is 33.9. The van der Waals surface area contributed by atoms with Crippen molar-refractivity contribution in [1.29, 1.82) is 0 Å². The minimum atomic E-state index is -0.501. The summed E-state index contributed by atoms with van der Waals surface area (Å²) in [6.07, 6.45) is 21.5. The molecule has 1 N–H and O–H groups in total. The highest BCUT2D eigenvalue weighted by molar-refractivity contribution is 5.91. The van der Waals surface area contributed by atoms with Crippen molar-refractivity contribution in [3.63, 3.8) is 0 Å². The fourth-order valence-corrected chi connectivity index (χ4v) is 4.63. The van der Waals surface area contributed by atoms with Crippen LogP contribution in [0.15, 0.2) is 47.6 Å². The number of methoxy groups -OCH3 is 2. The number of carbonyl (C=O) groups is 2. The standard InChI is InChI=1S/C34H50N2O5/c1-4-5-6-7-8-9-10-11-12-13-14-15-16-17-18-19-33(37)36-35-27-28-20-25-31(32(26-28)40-3)41-34(38)29-21-23-30(39-2)24-22-29/h20-27H,4-19H2,1-3H3,(H,36,37)/b35-27-. The van der Waals surface area contributed by atoms with E-state index in [9.17, 15) is 9.59 Å². The average Bonchev–Trinajstić information content (AvgIpc) is 2.99. The molecule has 7 nitrogen and oxygen atoms in total. The Morgan fingerprint density at radius 3 is 1.80 bits per heavy atom. The van der Waals surface area contributed by atoms with Gasteiger partial charge in [-0.1, -0.05) is 96.8 Å². The molecule has 0 radical (unpaired) electrons. The number of esters is 1. The van der Waals surface area contributed by atoms with Crippen molar-refractivity contribution in [3.05, 3.63) is 53.6 Å². The van der Waals surface area contributed by atoms with Crippen LogP contribution in [-0.4, -0.2) is 32.3 Å². The van der Waals surface area contributed by atoms with Crippen molar-refractivity contribution < 1.29 is 23.8 Å². The number of hydrogen-bond donors (Lipinski definition) is 1. The van der Waals surface area contributed by atoms with Crippen LogP contribution >= 0.6 is 0 Å². The molecule has 1 amide bonds. The Morgan fingerprint density at radius 1 is 0.707 bits per heavy atom. The Bertz CT molecular complexity index is 1040. The summed E-state index contributed by atoms with van der Waals surface area (Å²) in [6, 6.07) is 11.7. The number of nitrogens with zero attached hydrogens (tertiary/aromatic N) is 1. The number of hydrogen-bond acceptors (Lipinski definition) is 6. The summed E-state index contributed by atoms with van der Waals surface area (Å²) in [5.74, 6) is 0.749. The molecular weight excluding hydrogens is 516 g/mol. The molecule has 0 fully saturated rings. The van der Waals surface area contributed by atoms with Gasteiger partial charge in [0.05, 0.1) is 26.0 Å². The van der Waals surface area contributed by atoms with Crippen LogP contribution in [0.4, 0.5) is 0 Å². The van der Waals surface area contributed by atoms with Gasteiger partial charge in [0, 0.05) is 6.42 Å². The summed E-state index contributed by atoms with van der Waals surface area (Å²) >= 11 is 0. The van der Waals surface area contributed by atoms with Crippen LogP contribution in [0, 0.1) is 0 Å². The third-order valence-corrected chi connectivity index (χ3v) is 7.13. The topological polar surface area (TPSA) is 86.2 Å². The summed E-state index contributed by atoms with van der Waals surface area (Å²) in [5, 5.41) is 4.06. The molecule has 0 aliphatic carbocycles. The fourth-order valence-electron chi connectivity index (χ4n) is 4.63. The number of rotatable bonds is 22. The number of nitrogens with one attached hydrogen (secondary N) is 1. The van der Waals surface area contributed by atoms with Gasteiger partial charge in [0.1, 0.15) is 5.75 Å². The Hall–Kier alpha value is -3.35. The summed E-state index contributed by atoms with van der Waals surface area (Å²) < 4.78 is 16.0. The van der Waals surface area contributed by atoms with E-state index in [1.54, 1.807) is 55.8 Å². The lowest BCUT2D eigenvalue weighted by molar-refractivity contribution is -0.121. The van der Waals surface area contributed by atoms with E-state index < -0.39 is 5.97 Å². The lowest BCUT2D eigenvalue weighted by Crippen LogP contribution is -2.16. The van der Waals surface area contributed by atoms with Crippen LogP contribution in [0.5, 0.6) is 17.2 Å². The van der Waals surface area contributed by atoms with E-state index in [-0.39, 0.29) is 5.91 Å². The van der Waals surface area contributed by atoms with Gasteiger partial charge < -0.3 is 14.2 Å². The summed E-state index contributed by atoms with van der Waals surface area (Å²) in [6.45, 7) is 2.27. The maximum atomic E-state index is 12.5. The van der Waals surface area contributed by atoms with Crippen LogP contribution in [0.1, 0.15) is 126 Å². The number of unbranched alkanes of at least 4 members (excludes halogenated alkanes) is 14. The first-order valence-electron chi connectivity index (χ1n) is 15.4. The van der Waals surface area contributed by atoms with Crippen molar-refractivity contribution in [2.75, 3.05) is 14.2 Å². The Kier molecular flexibility index (Phi) is 17.7. The zero-order valence-corrected chi connectivity index (χ0v) is 25.4. The highest BCUT2D eigenvalue weighted by atomic mass is 16.6. The second kappa shape index (κ2) is 21.4. The number of amides is 1. The quantitative estimate of drug-likeness (QED) is 0.0507. The van der Waals surface area contributed by atoms with E-state index >= 15 is 0 Å². The van der Waals surface area contributed by atoms with Crippen LogP contribution in [0.3, 0.4) is 0 Å². The van der Waals surface area contributed by atoms with E-state index in [2.05, 4.69) is 17.5 Å². The molecule has 2 aromatic rings. The maximum Gasteiger partial charge on any atom is 0.343 e. The summed E-state index contributed by atoms with van der Waals surface area (Å²) in [4.78, 5) is 24.6. The van der Waals surface area contributed by atoms with E-state index in [1.165, 1.54) is 90.6 Å². The predicted molar refractivity (Wildman–Crippen MR) is 166 cm³/mol. The smallest absolute Gasteiger partial charge is 0.343 e. The molecule has 2 aromatic carbocycles. The summed E-state index contributed by atoms with van der Waals surface area (Å²) in [5.41, 5.74) is 3.70. The molecule has 0 bridgehead atoms. The van der Waals surface area contributed by atoms with Crippen molar-refractivity contribution >= 4 is 18.1 Å². The van der Waals surface area contributed by atoms with Crippen molar-refractivity contribution in [1.82, 2.24) is 5.43 Å². The van der Waals surface area contributed by atoms with Gasteiger partial charge in [0.2, 0.25) is 5.91 Å². The monoisotopic (exact) mass is 566 g/mol. The highest BCUT2D eigenvalue weighted by Crippen LogP contribution is 2.28. The molecule has 7 heteroatoms. The predicted octanol–water partition coefficient (Wildman–Crippen LogP) is 8.63. The van der Waals surface area contributed by atoms with E-state index in [1.807, 2.05) is 0 Å². The van der Waals surface area contributed by atoms with Crippen molar-refractivity contribution in [3.8, 4) is 17.2 Å². The molecule has 0 saturated carbocycles. The van der Waals surface area contributed by atoms with Gasteiger partial charge in [-0.15, -0.1) is 0 Å². The molecule has 0 aliphatic rings. The molecule has 0 aliphatic heterocycles. The van der Waals surface area contributed by atoms with E-state index in [0.29, 0.717) is 34.8 Å². The number of ether oxygens (including phenoxy) is 3. The molecule has 226 valence electrons. The van der Waals surface area contributed by atoms with Gasteiger partial charge in [0.15, 0.2) is 11.5 Å². The first-order chi connectivity index (χ1) is 20.1. The Balaban J connectivity index is 1.56. The second-order valence-corrected chi connectivity index (χ2v) is 10.5. The molecule has 41 heavy (non-hydrogen) atoms. The number of benzene rings is 2. The molecular formula is C34H50N2O5. The van der Waals surface area contributed by atoms with E-state index in [4.69, 9.17) is 14.2 Å². The van der Waals surface area contributed by atoms with Crippen molar-refractivity contribution in [2.45, 2.75) is 110 Å². The Labute approximate surface area is 247 Å². The second-order valence-electron chi connectivity index (χ2n) is 10.5. The SMILES string of the molecule is CCCCCCCCCCCCCCCCCC(=O)N/N=C\c1ccc(OC(=O)c2ccc(OC)cc2)c(OC)c1.